The third-order valence-electron chi connectivity index (χ3n) is 2.58. The highest BCUT2D eigenvalue weighted by Gasteiger charge is 2.38. The van der Waals surface area contributed by atoms with Crippen LogP contribution in [0.4, 0.5) is 0 Å². The van der Waals surface area contributed by atoms with Gasteiger partial charge >= 0.3 is 0 Å². The first-order valence-corrected chi connectivity index (χ1v) is 7.13. The van der Waals surface area contributed by atoms with Crippen LogP contribution in [0.25, 0.3) is 11.0 Å². The van der Waals surface area contributed by atoms with Gasteiger partial charge in [0.1, 0.15) is 0 Å². The number of hydrogen-bond acceptors (Lipinski definition) is 4. The van der Waals surface area contributed by atoms with E-state index in [0.717, 1.165) is 21.4 Å². The number of rotatable bonds is 2. The largest absolute Gasteiger partial charge is 0.258 e. The van der Waals surface area contributed by atoms with Crippen LogP contribution < -0.4 is 0 Å². The molecule has 2 aromatic heterocycles. The molecule has 0 unspecified atom stereocenters. The molecule has 0 radical (unpaired) electrons. The molecule has 0 saturated heterocycles. The highest BCUT2D eigenvalue weighted by Crippen LogP contribution is 2.31. The lowest BCUT2D eigenvalue weighted by Crippen LogP contribution is -2.18. The van der Waals surface area contributed by atoms with E-state index in [1.54, 1.807) is 12.3 Å². The van der Waals surface area contributed by atoms with Crippen LogP contribution in [-0.4, -0.2) is 27.8 Å². The summed E-state index contributed by atoms with van der Waals surface area (Å²) in [7, 11) is -3.34. The van der Waals surface area contributed by atoms with Crippen LogP contribution in [0.15, 0.2) is 22.9 Å². The van der Waals surface area contributed by atoms with Crippen LogP contribution in [0.3, 0.4) is 0 Å². The van der Waals surface area contributed by atoms with Crippen LogP contribution >= 0.6 is 15.9 Å². The summed E-state index contributed by atoms with van der Waals surface area (Å²) in [5.74, 6) is 0. The standard InChI is InChI=1S/C9H8BrN3O2S/c10-8-3-4-11-9-7(8)5-12-13(9)16(14,15)6-1-2-6/h3-6H,1-2H2. The normalized spacial score (nSPS) is 16.8. The summed E-state index contributed by atoms with van der Waals surface area (Å²) in [6.45, 7) is 0. The van der Waals surface area contributed by atoms with E-state index in [4.69, 9.17) is 0 Å². The summed E-state index contributed by atoms with van der Waals surface area (Å²) in [5.41, 5.74) is 0.390. The van der Waals surface area contributed by atoms with E-state index in [1.165, 1.54) is 6.20 Å². The van der Waals surface area contributed by atoms with Gasteiger partial charge in [-0.2, -0.15) is 5.10 Å². The molecule has 0 bridgehead atoms. The van der Waals surface area contributed by atoms with Crippen LogP contribution in [0, 0.1) is 0 Å². The molecule has 84 valence electrons. The number of nitrogens with zero attached hydrogens (tertiary/aromatic N) is 3. The molecule has 0 amide bonds. The average Bonchev–Trinajstić information content (AvgIpc) is 2.99. The van der Waals surface area contributed by atoms with E-state index in [2.05, 4.69) is 26.0 Å². The zero-order chi connectivity index (χ0) is 11.3. The summed E-state index contributed by atoms with van der Waals surface area (Å²) in [6.07, 6.45) is 4.52. The van der Waals surface area contributed by atoms with Crippen molar-refractivity contribution in [3.63, 3.8) is 0 Å². The van der Waals surface area contributed by atoms with Gasteiger partial charge in [-0.15, -0.1) is 4.09 Å². The predicted octanol–water partition coefficient (Wildman–Crippen LogP) is 1.53. The lowest BCUT2D eigenvalue weighted by atomic mass is 10.4. The zero-order valence-electron chi connectivity index (χ0n) is 8.17. The Morgan fingerprint density at radius 3 is 2.88 bits per heavy atom. The zero-order valence-corrected chi connectivity index (χ0v) is 10.6. The third kappa shape index (κ3) is 1.38. The number of halogens is 1. The second-order valence-electron chi connectivity index (χ2n) is 3.76. The molecule has 0 atom stereocenters. The minimum atomic E-state index is -3.34. The predicted molar refractivity (Wildman–Crippen MR) is 62.6 cm³/mol. The molecular formula is C9H8BrN3O2S. The molecule has 0 N–H and O–H groups in total. The molecule has 0 aromatic carbocycles. The van der Waals surface area contributed by atoms with Gasteiger partial charge in [-0.05, 0) is 34.8 Å². The fraction of sp³-hybridized carbons (Fsp3) is 0.333. The molecule has 16 heavy (non-hydrogen) atoms. The topological polar surface area (TPSA) is 64.8 Å². The number of fused-ring (bicyclic) bond motifs is 1. The molecule has 0 aliphatic heterocycles. The Hall–Kier alpha value is -0.950. The highest BCUT2D eigenvalue weighted by molar-refractivity contribution is 9.10. The van der Waals surface area contributed by atoms with E-state index >= 15 is 0 Å². The minimum Gasteiger partial charge on any atom is -0.236 e. The molecule has 3 rings (SSSR count). The van der Waals surface area contributed by atoms with Crippen LogP contribution in [-0.2, 0) is 10.0 Å². The van der Waals surface area contributed by atoms with Crippen molar-refractivity contribution in [3.8, 4) is 0 Å². The maximum Gasteiger partial charge on any atom is 0.258 e. The molecular weight excluding hydrogens is 294 g/mol. The molecule has 1 saturated carbocycles. The maximum atomic E-state index is 12.0. The molecule has 1 aliphatic carbocycles. The first-order valence-electron chi connectivity index (χ1n) is 4.83. The maximum absolute atomic E-state index is 12.0. The average molecular weight is 302 g/mol. The van der Waals surface area contributed by atoms with Crippen LogP contribution in [0.1, 0.15) is 12.8 Å². The molecule has 5 nitrogen and oxygen atoms in total. The number of pyridine rings is 1. The Balaban J connectivity index is 2.29. The van der Waals surface area contributed by atoms with Crippen LogP contribution in [0.2, 0.25) is 0 Å². The molecule has 1 aliphatic rings. The minimum absolute atomic E-state index is 0.281. The quantitative estimate of drug-likeness (QED) is 0.844. The van der Waals surface area contributed by atoms with Gasteiger partial charge in [0, 0.05) is 10.7 Å². The van der Waals surface area contributed by atoms with E-state index in [-0.39, 0.29) is 5.25 Å². The highest BCUT2D eigenvalue weighted by atomic mass is 79.9. The lowest BCUT2D eigenvalue weighted by molar-refractivity contribution is 0.580. The Kier molecular flexibility index (Phi) is 2.09. The summed E-state index contributed by atoms with van der Waals surface area (Å²) in [4.78, 5) is 4.07. The van der Waals surface area contributed by atoms with Crippen LogP contribution in [0.5, 0.6) is 0 Å². The third-order valence-corrected chi connectivity index (χ3v) is 5.33. The van der Waals surface area contributed by atoms with E-state index in [0.29, 0.717) is 11.0 Å². The summed E-state index contributed by atoms with van der Waals surface area (Å²) >= 11 is 3.34. The lowest BCUT2D eigenvalue weighted by Gasteiger charge is -2.02. The SMILES string of the molecule is O=S(=O)(C1CC1)n1ncc2c(Br)ccnc21. The summed E-state index contributed by atoms with van der Waals surface area (Å²) in [5, 5.41) is 4.36. The Bertz CT molecular complexity index is 660. The van der Waals surface area contributed by atoms with E-state index in [1.807, 2.05) is 0 Å². The molecule has 7 heteroatoms. The fourth-order valence-corrected chi connectivity index (χ4v) is 3.55. The second-order valence-corrected chi connectivity index (χ2v) is 6.66. The first kappa shape index (κ1) is 10.2. The Morgan fingerprint density at radius 1 is 1.44 bits per heavy atom. The Morgan fingerprint density at radius 2 is 2.19 bits per heavy atom. The van der Waals surface area contributed by atoms with Gasteiger partial charge in [0.05, 0.1) is 16.8 Å². The Labute approximate surface area is 101 Å². The van der Waals surface area contributed by atoms with Gasteiger partial charge in [0.25, 0.3) is 10.0 Å². The van der Waals surface area contributed by atoms with E-state index < -0.39 is 10.0 Å². The fourth-order valence-electron chi connectivity index (χ4n) is 1.57. The van der Waals surface area contributed by atoms with Gasteiger partial charge < -0.3 is 0 Å². The van der Waals surface area contributed by atoms with Crippen molar-refractivity contribution in [3.05, 3.63) is 22.9 Å². The molecule has 1 fully saturated rings. The van der Waals surface area contributed by atoms with Crippen molar-refractivity contribution < 1.29 is 8.42 Å². The summed E-state index contributed by atoms with van der Waals surface area (Å²) < 4.78 is 25.9. The monoisotopic (exact) mass is 301 g/mol. The van der Waals surface area contributed by atoms with Gasteiger partial charge in [-0.25, -0.2) is 13.4 Å². The molecule has 2 aromatic rings. The smallest absolute Gasteiger partial charge is 0.236 e. The number of hydrogen-bond donors (Lipinski definition) is 0. The van der Waals surface area contributed by atoms with Crippen molar-refractivity contribution in [2.75, 3.05) is 0 Å². The van der Waals surface area contributed by atoms with Gasteiger partial charge in [0.15, 0.2) is 5.65 Å². The van der Waals surface area contributed by atoms with Gasteiger partial charge in [-0.1, -0.05) is 0 Å². The van der Waals surface area contributed by atoms with Crippen molar-refractivity contribution in [1.82, 2.24) is 14.2 Å². The van der Waals surface area contributed by atoms with Crippen molar-refractivity contribution in [1.29, 1.82) is 0 Å². The molecule has 0 spiro atoms. The summed E-state index contributed by atoms with van der Waals surface area (Å²) in [6, 6.07) is 1.76. The molecule has 2 heterocycles. The van der Waals surface area contributed by atoms with Crippen molar-refractivity contribution >= 4 is 37.0 Å². The van der Waals surface area contributed by atoms with Gasteiger partial charge in [-0.3, -0.25) is 0 Å². The van der Waals surface area contributed by atoms with Crippen molar-refractivity contribution in [2.24, 2.45) is 0 Å². The van der Waals surface area contributed by atoms with E-state index in [9.17, 15) is 8.42 Å². The first-order chi connectivity index (χ1) is 7.60. The van der Waals surface area contributed by atoms with Gasteiger partial charge in [0.2, 0.25) is 0 Å². The van der Waals surface area contributed by atoms with Crippen molar-refractivity contribution in [2.45, 2.75) is 18.1 Å². The second kappa shape index (κ2) is 3.27. The number of aromatic nitrogens is 3.